The first-order valence-electron chi connectivity index (χ1n) is 14.4. The van der Waals surface area contributed by atoms with Crippen LogP contribution < -0.4 is 5.32 Å². The lowest BCUT2D eigenvalue weighted by atomic mass is 9.93. The first-order chi connectivity index (χ1) is 20.4. The molecule has 5 nitrogen and oxygen atoms in total. The number of carbonyl (C=O) groups is 2. The molecule has 0 unspecified atom stereocenters. The van der Waals surface area contributed by atoms with Gasteiger partial charge in [-0.1, -0.05) is 80.4 Å². The maximum Gasteiger partial charge on any atom is 0.326 e. The molecule has 0 aliphatic carbocycles. The summed E-state index contributed by atoms with van der Waals surface area (Å²) in [4.78, 5) is 27.7. The number of carboxylic acids is 1. The number of thiophene rings is 1. The Bertz CT molecular complexity index is 1470. The van der Waals surface area contributed by atoms with Crippen LogP contribution >= 0.6 is 23.1 Å². The summed E-state index contributed by atoms with van der Waals surface area (Å²) in [5.41, 5.74) is 5.37. The molecule has 7 heteroatoms. The number of unbranched alkanes of at least 4 members (excludes halogenated alkanes) is 1. The summed E-state index contributed by atoms with van der Waals surface area (Å²) in [6, 6.07) is 27.5. The first-order valence-corrected chi connectivity index (χ1v) is 16.6. The first kappa shape index (κ1) is 31.5. The number of hydrogen-bond acceptors (Lipinski definition) is 5. The fourth-order valence-corrected chi connectivity index (χ4v) is 6.45. The van der Waals surface area contributed by atoms with E-state index in [0.717, 1.165) is 41.5 Å². The molecule has 0 fully saturated rings. The highest BCUT2D eigenvalue weighted by Gasteiger charge is 2.23. The number of carboxylic acid groups (broad SMARTS) is 1. The summed E-state index contributed by atoms with van der Waals surface area (Å²) < 4.78 is 6.56. The van der Waals surface area contributed by atoms with Gasteiger partial charge in [0.2, 0.25) is 0 Å². The molecule has 1 amide bonds. The zero-order chi connectivity index (χ0) is 29.9. The molecular weight excluding hydrogens is 563 g/mol. The van der Waals surface area contributed by atoms with E-state index in [1.807, 2.05) is 55.6 Å². The number of benzene rings is 3. The highest BCUT2D eigenvalue weighted by atomic mass is 32.2. The Kier molecular flexibility index (Phi) is 11.8. The highest BCUT2D eigenvalue weighted by Crippen LogP contribution is 2.36. The van der Waals surface area contributed by atoms with Gasteiger partial charge in [0.15, 0.2) is 0 Å². The number of aliphatic carboxylic acids is 1. The third-order valence-corrected chi connectivity index (χ3v) is 9.12. The molecule has 2 N–H and O–H groups in total. The Hall–Kier alpha value is -3.39. The molecule has 0 radical (unpaired) electrons. The maximum atomic E-state index is 13.4. The van der Waals surface area contributed by atoms with Crippen LogP contribution in [-0.2, 0) is 16.1 Å². The highest BCUT2D eigenvalue weighted by molar-refractivity contribution is 7.98. The third-order valence-electron chi connectivity index (χ3n) is 7.25. The lowest BCUT2D eigenvalue weighted by Crippen LogP contribution is -2.41. The van der Waals surface area contributed by atoms with Gasteiger partial charge in [-0.2, -0.15) is 11.8 Å². The van der Waals surface area contributed by atoms with Crippen molar-refractivity contribution in [1.29, 1.82) is 0 Å². The van der Waals surface area contributed by atoms with E-state index in [-0.39, 0.29) is 12.0 Å². The van der Waals surface area contributed by atoms with Gasteiger partial charge in [0.05, 0.1) is 12.7 Å². The van der Waals surface area contributed by atoms with Crippen molar-refractivity contribution in [2.45, 2.75) is 58.3 Å². The van der Waals surface area contributed by atoms with Crippen LogP contribution in [0.25, 0.3) is 21.6 Å². The molecule has 4 aromatic rings. The molecule has 0 saturated heterocycles. The topological polar surface area (TPSA) is 75.6 Å². The van der Waals surface area contributed by atoms with E-state index >= 15 is 0 Å². The van der Waals surface area contributed by atoms with Crippen LogP contribution in [0.4, 0.5) is 0 Å². The fraction of sp³-hybridized carbons (Fsp3) is 0.314. The maximum absolute atomic E-state index is 13.4. The summed E-state index contributed by atoms with van der Waals surface area (Å²) in [7, 11) is 0. The normalized spacial score (nSPS) is 12.5. The van der Waals surface area contributed by atoms with E-state index in [0.29, 0.717) is 24.3 Å². The van der Waals surface area contributed by atoms with Gasteiger partial charge < -0.3 is 15.2 Å². The zero-order valence-corrected chi connectivity index (χ0v) is 26.1. The average Bonchev–Trinajstić information content (AvgIpc) is 3.50. The van der Waals surface area contributed by atoms with Crippen LogP contribution in [-0.4, -0.2) is 35.0 Å². The van der Waals surface area contributed by atoms with Crippen LogP contribution in [0, 0.1) is 6.92 Å². The summed E-state index contributed by atoms with van der Waals surface area (Å²) in [5, 5.41) is 12.4. The number of aryl methyl sites for hydroxylation is 1. The number of nitrogens with one attached hydrogen (secondary N) is 1. The second-order valence-corrected chi connectivity index (χ2v) is 12.5. The molecular formula is C35H39NO4S2. The van der Waals surface area contributed by atoms with E-state index < -0.39 is 12.0 Å². The second-order valence-electron chi connectivity index (χ2n) is 10.4. The number of thioether (sulfide) groups is 1. The Morgan fingerprint density at radius 2 is 1.71 bits per heavy atom. The number of rotatable bonds is 15. The van der Waals surface area contributed by atoms with Crippen molar-refractivity contribution >= 4 is 35.0 Å². The van der Waals surface area contributed by atoms with Crippen molar-refractivity contribution in [3.05, 3.63) is 106 Å². The van der Waals surface area contributed by atoms with Gasteiger partial charge in [0.25, 0.3) is 5.91 Å². The van der Waals surface area contributed by atoms with Gasteiger partial charge in [-0.15, -0.1) is 11.3 Å². The van der Waals surface area contributed by atoms with Crippen molar-refractivity contribution in [3.63, 3.8) is 0 Å². The smallest absolute Gasteiger partial charge is 0.326 e. The number of amides is 1. The van der Waals surface area contributed by atoms with Gasteiger partial charge in [-0.25, -0.2) is 4.79 Å². The van der Waals surface area contributed by atoms with Crippen molar-refractivity contribution in [2.24, 2.45) is 0 Å². The monoisotopic (exact) mass is 601 g/mol. The summed E-state index contributed by atoms with van der Waals surface area (Å²) in [6.07, 6.45) is 5.35. The summed E-state index contributed by atoms with van der Waals surface area (Å²) in [6.45, 7) is 4.61. The standard InChI is InChI=1S/C35H39NO4S2/c1-4-5-15-31(33-19-18-32(42-33)26-12-7-6-8-13-26)40-23-25-16-17-28(29(22-25)27-14-10-9-11-24(27)2)34(37)36-30(35(38)39)20-21-41-3/h6-14,16-19,22,30-31H,4-5,15,20-21,23H2,1-3H3,(H,36,37)(H,38,39)/t30-,31+/m0/s1. The van der Waals surface area contributed by atoms with E-state index in [1.54, 1.807) is 29.2 Å². The summed E-state index contributed by atoms with van der Waals surface area (Å²) >= 11 is 3.33. The molecule has 220 valence electrons. The molecule has 0 aliphatic heterocycles. The molecule has 1 aromatic heterocycles. The predicted octanol–water partition coefficient (Wildman–Crippen LogP) is 8.77. The molecule has 3 aromatic carbocycles. The molecule has 2 atom stereocenters. The number of hydrogen-bond donors (Lipinski definition) is 2. The zero-order valence-electron chi connectivity index (χ0n) is 24.5. The molecule has 0 spiro atoms. The molecule has 0 bridgehead atoms. The minimum absolute atomic E-state index is 0.0231. The minimum atomic E-state index is -1.03. The predicted molar refractivity (Wildman–Crippen MR) is 175 cm³/mol. The molecule has 1 heterocycles. The molecule has 0 aliphatic rings. The van der Waals surface area contributed by atoms with Gasteiger partial charge in [-0.05, 0) is 83.9 Å². The lowest BCUT2D eigenvalue weighted by molar-refractivity contribution is -0.139. The SMILES string of the molecule is CCCC[C@@H](OCc1ccc(C(=O)N[C@@H](CCSC)C(=O)O)c(-c2ccccc2C)c1)c1ccc(-c2ccccc2)s1. The van der Waals surface area contributed by atoms with E-state index in [2.05, 4.69) is 48.6 Å². The van der Waals surface area contributed by atoms with Gasteiger partial charge in [0.1, 0.15) is 6.04 Å². The molecule has 42 heavy (non-hydrogen) atoms. The van der Waals surface area contributed by atoms with Crippen LogP contribution in [0.3, 0.4) is 0 Å². The van der Waals surface area contributed by atoms with Gasteiger partial charge in [0, 0.05) is 15.3 Å². The van der Waals surface area contributed by atoms with Gasteiger partial charge >= 0.3 is 5.97 Å². The van der Waals surface area contributed by atoms with Crippen molar-refractivity contribution in [1.82, 2.24) is 5.32 Å². The van der Waals surface area contributed by atoms with E-state index in [9.17, 15) is 14.7 Å². The third kappa shape index (κ3) is 8.34. The number of carbonyl (C=O) groups excluding carboxylic acids is 1. The van der Waals surface area contributed by atoms with Crippen molar-refractivity contribution in [3.8, 4) is 21.6 Å². The largest absolute Gasteiger partial charge is 0.480 e. The van der Waals surface area contributed by atoms with Crippen LogP contribution in [0.15, 0.2) is 84.9 Å². The van der Waals surface area contributed by atoms with E-state index in [4.69, 9.17) is 4.74 Å². The Morgan fingerprint density at radius 1 is 0.952 bits per heavy atom. The van der Waals surface area contributed by atoms with Crippen molar-refractivity contribution in [2.75, 3.05) is 12.0 Å². The lowest BCUT2D eigenvalue weighted by Gasteiger charge is -2.19. The average molecular weight is 602 g/mol. The fourth-order valence-electron chi connectivity index (χ4n) is 4.88. The second kappa shape index (κ2) is 15.7. The quantitative estimate of drug-likeness (QED) is 0.142. The Labute approximate surface area is 257 Å². The van der Waals surface area contributed by atoms with Gasteiger partial charge in [-0.3, -0.25) is 4.79 Å². The minimum Gasteiger partial charge on any atom is -0.480 e. The summed E-state index contributed by atoms with van der Waals surface area (Å²) in [5.74, 6) is -0.766. The van der Waals surface area contributed by atoms with Crippen molar-refractivity contribution < 1.29 is 19.4 Å². The molecule has 0 saturated carbocycles. The Morgan fingerprint density at radius 3 is 2.43 bits per heavy atom. The van der Waals surface area contributed by atoms with Crippen LogP contribution in [0.1, 0.15) is 65.1 Å². The molecule has 4 rings (SSSR count). The van der Waals surface area contributed by atoms with E-state index in [1.165, 1.54) is 15.3 Å². The van der Waals surface area contributed by atoms with Crippen LogP contribution in [0.2, 0.25) is 0 Å². The van der Waals surface area contributed by atoms with Crippen LogP contribution in [0.5, 0.6) is 0 Å². The Balaban J connectivity index is 1.59. The number of ether oxygens (including phenoxy) is 1.